The highest BCUT2D eigenvalue weighted by Gasteiger charge is 2.33. The van der Waals surface area contributed by atoms with Crippen molar-refractivity contribution in [1.29, 1.82) is 0 Å². The predicted octanol–water partition coefficient (Wildman–Crippen LogP) is 4.22. The van der Waals surface area contributed by atoms with Crippen molar-refractivity contribution in [1.82, 2.24) is 0 Å². The van der Waals surface area contributed by atoms with Gasteiger partial charge in [-0.15, -0.1) is 0 Å². The SMILES string of the molecule is CCCOC(OCCC)[C@H](C)OP(N)(=O)O[C@@H](C)C(OCCC)OCCC. The summed E-state index contributed by atoms with van der Waals surface area (Å²) in [5.41, 5.74) is 5.80. The van der Waals surface area contributed by atoms with Crippen LogP contribution in [-0.4, -0.2) is 51.2 Å². The number of nitrogens with two attached hydrogens (primary N) is 1. The van der Waals surface area contributed by atoms with Gasteiger partial charge in [-0.05, 0) is 39.5 Å². The van der Waals surface area contributed by atoms with Crippen molar-refractivity contribution in [2.24, 2.45) is 5.50 Å². The first-order chi connectivity index (χ1) is 12.8. The largest absolute Gasteiger partial charge is 0.403 e. The molecule has 2 N–H and O–H groups in total. The van der Waals surface area contributed by atoms with Crippen LogP contribution in [0.3, 0.4) is 0 Å². The zero-order valence-corrected chi connectivity index (χ0v) is 18.7. The molecular weight excluding hydrogens is 373 g/mol. The van der Waals surface area contributed by atoms with E-state index in [9.17, 15) is 4.57 Å². The van der Waals surface area contributed by atoms with Crippen LogP contribution in [0.25, 0.3) is 0 Å². The van der Waals surface area contributed by atoms with E-state index in [1.807, 2.05) is 27.7 Å². The molecule has 0 aromatic heterocycles. The van der Waals surface area contributed by atoms with E-state index in [1.165, 1.54) is 0 Å². The summed E-state index contributed by atoms with van der Waals surface area (Å²) in [5, 5.41) is 0. The van der Waals surface area contributed by atoms with E-state index in [1.54, 1.807) is 13.8 Å². The fraction of sp³-hybridized carbons (Fsp3) is 1.00. The molecule has 0 aromatic carbocycles. The fourth-order valence-electron chi connectivity index (χ4n) is 2.16. The van der Waals surface area contributed by atoms with Gasteiger partial charge in [0.25, 0.3) is 0 Å². The molecule has 0 aromatic rings. The highest BCUT2D eigenvalue weighted by molar-refractivity contribution is 7.51. The van der Waals surface area contributed by atoms with Gasteiger partial charge in [0.15, 0.2) is 12.6 Å². The van der Waals surface area contributed by atoms with Gasteiger partial charge in [0.1, 0.15) is 12.2 Å². The first-order valence-electron chi connectivity index (χ1n) is 10.0. The molecule has 0 unspecified atom stereocenters. The predicted molar refractivity (Wildman–Crippen MR) is 105 cm³/mol. The lowest BCUT2D eigenvalue weighted by molar-refractivity contribution is -0.195. The van der Waals surface area contributed by atoms with Crippen LogP contribution in [0.15, 0.2) is 0 Å². The molecule has 164 valence electrons. The zero-order chi connectivity index (χ0) is 20.7. The smallest absolute Gasteiger partial charge is 0.350 e. The summed E-state index contributed by atoms with van der Waals surface area (Å²) < 4.78 is 46.1. The Hall–Kier alpha value is -0.0500. The van der Waals surface area contributed by atoms with Crippen LogP contribution in [0.4, 0.5) is 0 Å². The molecule has 0 bridgehead atoms. The highest BCUT2D eigenvalue weighted by Crippen LogP contribution is 2.43. The normalized spacial score (nSPS) is 14.9. The van der Waals surface area contributed by atoms with Crippen LogP contribution >= 0.6 is 7.75 Å². The van der Waals surface area contributed by atoms with E-state index in [0.29, 0.717) is 26.4 Å². The molecule has 0 heterocycles. The Morgan fingerprint density at radius 3 is 1.15 bits per heavy atom. The molecule has 0 fully saturated rings. The summed E-state index contributed by atoms with van der Waals surface area (Å²) in [6, 6.07) is 0. The van der Waals surface area contributed by atoms with E-state index in [0.717, 1.165) is 25.7 Å². The Balaban J connectivity index is 4.79. The molecule has 0 aliphatic rings. The van der Waals surface area contributed by atoms with Gasteiger partial charge in [0.05, 0.1) is 0 Å². The monoisotopic (exact) mass is 413 g/mol. The second-order valence-corrected chi connectivity index (χ2v) is 7.88. The molecule has 9 heteroatoms. The van der Waals surface area contributed by atoms with Crippen molar-refractivity contribution in [2.75, 3.05) is 26.4 Å². The third kappa shape index (κ3) is 12.9. The van der Waals surface area contributed by atoms with Crippen LogP contribution in [0.5, 0.6) is 0 Å². The second kappa shape index (κ2) is 15.8. The van der Waals surface area contributed by atoms with Crippen molar-refractivity contribution in [2.45, 2.75) is 92.0 Å². The van der Waals surface area contributed by atoms with Crippen molar-refractivity contribution < 1.29 is 32.6 Å². The lowest BCUT2D eigenvalue weighted by Crippen LogP contribution is -2.35. The molecule has 0 amide bonds. The van der Waals surface area contributed by atoms with Gasteiger partial charge in [-0.1, -0.05) is 27.7 Å². The molecule has 0 aliphatic heterocycles. The van der Waals surface area contributed by atoms with Crippen molar-refractivity contribution in [3.8, 4) is 0 Å². The minimum absolute atomic E-state index is 0.506. The Labute approximate surface area is 164 Å². The maximum atomic E-state index is 12.6. The van der Waals surface area contributed by atoms with Crippen molar-refractivity contribution in [3.05, 3.63) is 0 Å². The average Bonchev–Trinajstić information content (AvgIpc) is 2.60. The first-order valence-corrected chi connectivity index (χ1v) is 11.6. The van der Waals surface area contributed by atoms with Crippen LogP contribution < -0.4 is 5.50 Å². The topological polar surface area (TPSA) is 98.5 Å². The van der Waals surface area contributed by atoms with Gasteiger partial charge < -0.3 is 18.9 Å². The van der Waals surface area contributed by atoms with Gasteiger partial charge in [-0.2, -0.15) is 0 Å². The van der Waals surface area contributed by atoms with Crippen molar-refractivity contribution in [3.63, 3.8) is 0 Å². The Morgan fingerprint density at radius 1 is 0.667 bits per heavy atom. The highest BCUT2D eigenvalue weighted by atomic mass is 31.2. The molecule has 0 aliphatic carbocycles. The summed E-state index contributed by atoms with van der Waals surface area (Å²) in [6.07, 6.45) is 0.689. The quantitative estimate of drug-likeness (QED) is 0.263. The minimum atomic E-state index is -3.86. The standard InChI is InChI=1S/C18H40NO7P/c1-7-11-21-17(22-12-8-2)15(5)25-27(19,20)26-16(6)18(23-13-9-3)24-14-10-4/h15-18H,7-14H2,1-6H3,(H2,19,20)/t15-,16-/m0/s1. The van der Waals surface area contributed by atoms with Gasteiger partial charge >= 0.3 is 7.75 Å². The van der Waals surface area contributed by atoms with Gasteiger partial charge in [-0.25, -0.2) is 10.1 Å². The number of hydrogen-bond acceptors (Lipinski definition) is 7. The zero-order valence-electron chi connectivity index (χ0n) is 17.8. The summed E-state index contributed by atoms with van der Waals surface area (Å²) in [7, 11) is -3.86. The summed E-state index contributed by atoms with van der Waals surface area (Å²) in [4.78, 5) is 0. The maximum Gasteiger partial charge on any atom is 0.403 e. The fourth-order valence-corrected chi connectivity index (χ4v) is 3.34. The van der Waals surface area contributed by atoms with Crippen LogP contribution in [0, 0.1) is 0 Å². The summed E-state index contributed by atoms with van der Waals surface area (Å²) in [5.74, 6) is 0. The van der Waals surface area contributed by atoms with Gasteiger partial charge in [-0.3, -0.25) is 9.05 Å². The Kier molecular flexibility index (Phi) is 15.8. The third-order valence-electron chi connectivity index (χ3n) is 3.34. The Morgan fingerprint density at radius 2 is 0.926 bits per heavy atom. The summed E-state index contributed by atoms with van der Waals surface area (Å²) in [6.45, 7) is 13.4. The Bertz CT molecular complexity index is 352. The lowest BCUT2D eigenvalue weighted by Gasteiger charge is -2.29. The number of ether oxygens (including phenoxy) is 4. The van der Waals surface area contributed by atoms with E-state index >= 15 is 0 Å². The van der Waals surface area contributed by atoms with Gasteiger partial charge in [0, 0.05) is 26.4 Å². The van der Waals surface area contributed by atoms with E-state index in [2.05, 4.69) is 0 Å². The molecule has 0 radical (unpaired) electrons. The molecular formula is C18H40NO7P. The molecule has 0 rings (SSSR count). The lowest BCUT2D eigenvalue weighted by atomic mass is 10.4. The van der Waals surface area contributed by atoms with Crippen molar-refractivity contribution >= 4 is 7.75 Å². The first kappa shape index (κ1) is 27.0. The number of hydrogen-bond donors (Lipinski definition) is 1. The van der Waals surface area contributed by atoms with E-state index in [4.69, 9.17) is 33.5 Å². The van der Waals surface area contributed by atoms with E-state index in [-0.39, 0.29) is 0 Å². The minimum Gasteiger partial charge on any atom is -0.350 e. The van der Waals surface area contributed by atoms with Crippen LogP contribution in [0.2, 0.25) is 0 Å². The molecule has 0 spiro atoms. The maximum absolute atomic E-state index is 12.6. The number of rotatable bonds is 18. The molecule has 27 heavy (non-hydrogen) atoms. The third-order valence-corrected chi connectivity index (χ3v) is 4.59. The molecule has 2 atom stereocenters. The summed E-state index contributed by atoms with van der Waals surface area (Å²) >= 11 is 0. The molecule has 0 saturated heterocycles. The average molecular weight is 413 g/mol. The van der Waals surface area contributed by atoms with Crippen LogP contribution in [-0.2, 0) is 32.6 Å². The van der Waals surface area contributed by atoms with E-state index < -0.39 is 32.5 Å². The van der Waals surface area contributed by atoms with Gasteiger partial charge in [0.2, 0.25) is 0 Å². The second-order valence-electron chi connectivity index (χ2n) is 6.38. The molecule has 8 nitrogen and oxygen atoms in total. The van der Waals surface area contributed by atoms with Crippen LogP contribution in [0.1, 0.15) is 67.2 Å². The molecule has 0 saturated carbocycles.